The van der Waals surface area contributed by atoms with Crippen molar-refractivity contribution in [2.24, 2.45) is 7.05 Å². The maximum Gasteiger partial charge on any atom is 0.244 e. The molecule has 102 valence electrons. The van der Waals surface area contributed by atoms with Crippen LogP contribution in [-0.4, -0.2) is 37.4 Å². The maximum absolute atomic E-state index is 12.0. The summed E-state index contributed by atoms with van der Waals surface area (Å²) in [6.07, 6.45) is 4.95. The number of aryl methyl sites for hydroxylation is 1. The highest BCUT2D eigenvalue weighted by Gasteiger charge is 2.13. The van der Waals surface area contributed by atoms with Gasteiger partial charge in [0, 0.05) is 38.1 Å². The van der Waals surface area contributed by atoms with Crippen LogP contribution in [0.15, 0.2) is 18.6 Å². The van der Waals surface area contributed by atoms with E-state index in [1.54, 1.807) is 29.0 Å². The monoisotopic (exact) mass is 262 g/mol. The Morgan fingerprint density at radius 3 is 2.68 bits per heavy atom. The zero-order valence-corrected chi connectivity index (χ0v) is 11.4. The zero-order valence-electron chi connectivity index (χ0n) is 11.4. The molecule has 0 atom stereocenters. The Morgan fingerprint density at radius 1 is 1.42 bits per heavy atom. The van der Waals surface area contributed by atoms with E-state index < -0.39 is 0 Å². The van der Waals surface area contributed by atoms with Gasteiger partial charge in [-0.2, -0.15) is 10.2 Å². The Kier molecular flexibility index (Phi) is 3.55. The number of nitrogens with two attached hydrogens (primary N) is 1. The second-order valence-corrected chi connectivity index (χ2v) is 4.60. The third-order valence-corrected chi connectivity index (χ3v) is 3.12. The molecule has 0 aliphatic heterocycles. The molecular formula is C12H18N6O. The molecule has 2 rings (SSSR count). The lowest BCUT2D eigenvalue weighted by molar-refractivity contribution is -0.131. The van der Waals surface area contributed by atoms with Gasteiger partial charge in [0.1, 0.15) is 6.54 Å². The maximum atomic E-state index is 12.0. The minimum absolute atomic E-state index is 0.0219. The molecule has 0 saturated heterocycles. The summed E-state index contributed by atoms with van der Waals surface area (Å²) in [5.74, 6) is -0.0219. The molecule has 0 aliphatic carbocycles. The summed E-state index contributed by atoms with van der Waals surface area (Å²) in [4.78, 5) is 13.7. The second-order valence-electron chi connectivity index (χ2n) is 4.60. The van der Waals surface area contributed by atoms with Crippen molar-refractivity contribution in [1.82, 2.24) is 24.5 Å². The van der Waals surface area contributed by atoms with E-state index in [2.05, 4.69) is 10.2 Å². The molecule has 7 heteroatoms. The van der Waals surface area contributed by atoms with Crippen LogP contribution >= 0.6 is 0 Å². The van der Waals surface area contributed by atoms with Crippen molar-refractivity contribution in [2.45, 2.75) is 20.0 Å². The fourth-order valence-corrected chi connectivity index (χ4v) is 1.77. The van der Waals surface area contributed by atoms with E-state index in [0.29, 0.717) is 12.2 Å². The fourth-order valence-electron chi connectivity index (χ4n) is 1.77. The first-order valence-electron chi connectivity index (χ1n) is 5.96. The van der Waals surface area contributed by atoms with Gasteiger partial charge in [0.15, 0.2) is 0 Å². The van der Waals surface area contributed by atoms with Crippen LogP contribution in [0.3, 0.4) is 0 Å². The molecule has 0 spiro atoms. The van der Waals surface area contributed by atoms with E-state index in [-0.39, 0.29) is 12.5 Å². The van der Waals surface area contributed by atoms with Crippen molar-refractivity contribution in [3.8, 4) is 0 Å². The van der Waals surface area contributed by atoms with E-state index in [4.69, 9.17) is 5.73 Å². The number of hydrogen-bond acceptors (Lipinski definition) is 4. The molecule has 7 nitrogen and oxygen atoms in total. The normalized spacial score (nSPS) is 10.7. The van der Waals surface area contributed by atoms with Gasteiger partial charge in [-0.3, -0.25) is 14.2 Å². The first kappa shape index (κ1) is 13.1. The second kappa shape index (κ2) is 5.13. The minimum Gasteiger partial charge on any atom is -0.396 e. The SMILES string of the molecule is Cc1c(CN(C)C(=O)Cn2cc(N)cn2)cnn1C. The van der Waals surface area contributed by atoms with Crippen LogP contribution in [0.5, 0.6) is 0 Å². The molecule has 19 heavy (non-hydrogen) atoms. The van der Waals surface area contributed by atoms with Crippen molar-refractivity contribution in [3.63, 3.8) is 0 Å². The van der Waals surface area contributed by atoms with Gasteiger partial charge in [0.2, 0.25) is 5.91 Å². The van der Waals surface area contributed by atoms with E-state index in [0.717, 1.165) is 11.3 Å². The molecular weight excluding hydrogens is 244 g/mol. The number of rotatable bonds is 4. The van der Waals surface area contributed by atoms with E-state index >= 15 is 0 Å². The lowest BCUT2D eigenvalue weighted by Gasteiger charge is -2.16. The highest BCUT2D eigenvalue weighted by Crippen LogP contribution is 2.09. The van der Waals surface area contributed by atoms with Crippen molar-refractivity contribution >= 4 is 11.6 Å². The molecule has 0 aromatic carbocycles. The van der Waals surface area contributed by atoms with Crippen LogP contribution in [0.25, 0.3) is 0 Å². The third kappa shape index (κ3) is 2.93. The molecule has 0 radical (unpaired) electrons. The largest absolute Gasteiger partial charge is 0.396 e. The molecule has 0 bridgehead atoms. The quantitative estimate of drug-likeness (QED) is 0.851. The number of nitrogen functional groups attached to an aromatic ring is 1. The lowest BCUT2D eigenvalue weighted by Crippen LogP contribution is -2.30. The number of hydrogen-bond donors (Lipinski definition) is 1. The molecule has 0 fully saturated rings. The van der Waals surface area contributed by atoms with Crippen LogP contribution in [-0.2, 0) is 24.9 Å². The molecule has 2 heterocycles. The van der Waals surface area contributed by atoms with Gasteiger partial charge in [0.05, 0.1) is 18.1 Å². The van der Waals surface area contributed by atoms with Gasteiger partial charge >= 0.3 is 0 Å². The molecule has 0 saturated carbocycles. The van der Waals surface area contributed by atoms with Crippen LogP contribution in [0.1, 0.15) is 11.3 Å². The van der Waals surface area contributed by atoms with Crippen LogP contribution < -0.4 is 5.73 Å². The van der Waals surface area contributed by atoms with E-state index in [1.165, 1.54) is 10.9 Å². The summed E-state index contributed by atoms with van der Waals surface area (Å²) in [6, 6.07) is 0. The minimum atomic E-state index is -0.0219. The fraction of sp³-hybridized carbons (Fsp3) is 0.417. The summed E-state index contributed by atoms with van der Waals surface area (Å²) in [5, 5.41) is 8.16. The van der Waals surface area contributed by atoms with Crippen LogP contribution in [0, 0.1) is 6.92 Å². The molecule has 2 N–H and O–H groups in total. The number of nitrogens with zero attached hydrogens (tertiary/aromatic N) is 5. The molecule has 2 aromatic rings. The van der Waals surface area contributed by atoms with Gasteiger partial charge in [-0.05, 0) is 6.92 Å². The standard InChI is InChI=1S/C12H18N6O/c1-9-10(4-14-17(9)3)6-16(2)12(19)8-18-7-11(13)5-15-18/h4-5,7H,6,8,13H2,1-3H3. The first-order valence-corrected chi connectivity index (χ1v) is 5.96. The Balaban J connectivity index is 1.98. The average molecular weight is 262 g/mol. The zero-order chi connectivity index (χ0) is 14.0. The molecule has 2 aromatic heterocycles. The summed E-state index contributed by atoms with van der Waals surface area (Å²) in [5.41, 5.74) is 8.21. The number of carbonyl (C=O) groups is 1. The number of carbonyl (C=O) groups excluding carboxylic acids is 1. The number of likely N-dealkylation sites (N-methyl/N-ethyl adjacent to an activating group) is 1. The number of amides is 1. The Bertz CT molecular complexity index is 585. The van der Waals surface area contributed by atoms with Gasteiger partial charge in [0.25, 0.3) is 0 Å². The Labute approximate surface area is 111 Å². The summed E-state index contributed by atoms with van der Waals surface area (Å²) in [6.45, 7) is 2.71. The Hall–Kier alpha value is -2.31. The summed E-state index contributed by atoms with van der Waals surface area (Å²) >= 11 is 0. The molecule has 0 unspecified atom stereocenters. The third-order valence-electron chi connectivity index (χ3n) is 3.12. The predicted octanol–water partition coefficient (Wildman–Crippen LogP) is 0.166. The van der Waals surface area contributed by atoms with Gasteiger partial charge in [-0.25, -0.2) is 0 Å². The number of anilines is 1. The van der Waals surface area contributed by atoms with Crippen molar-refractivity contribution in [1.29, 1.82) is 0 Å². The van der Waals surface area contributed by atoms with Crippen molar-refractivity contribution in [3.05, 3.63) is 29.8 Å². The van der Waals surface area contributed by atoms with Gasteiger partial charge in [-0.1, -0.05) is 0 Å². The van der Waals surface area contributed by atoms with Gasteiger partial charge in [-0.15, -0.1) is 0 Å². The summed E-state index contributed by atoms with van der Waals surface area (Å²) < 4.78 is 3.33. The average Bonchev–Trinajstić information content (AvgIpc) is 2.90. The lowest BCUT2D eigenvalue weighted by atomic mass is 10.2. The first-order chi connectivity index (χ1) is 8.97. The highest BCUT2D eigenvalue weighted by atomic mass is 16.2. The van der Waals surface area contributed by atoms with Crippen molar-refractivity contribution < 1.29 is 4.79 Å². The topological polar surface area (TPSA) is 82.0 Å². The van der Waals surface area contributed by atoms with E-state index in [1.807, 2.05) is 14.0 Å². The smallest absolute Gasteiger partial charge is 0.244 e. The highest BCUT2D eigenvalue weighted by molar-refractivity contribution is 5.75. The number of aromatic nitrogens is 4. The Morgan fingerprint density at radius 2 is 2.16 bits per heavy atom. The van der Waals surface area contributed by atoms with E-state index in [9.17, 15) is 4.79 Å². The molecule has 0 aliphatic rings. The van der Waals surface area contributed by atoms with Gasteiger partial charge < -0.3 is 10.6 Å². The predicted molar refractivity (Wildman–Crippen MR) is 71.1 cm³/mol. The van der Waals surface area contributed by atoms with Crippen LogP contribution in [0.4, 0.5) is 5.69 Å². The van der Waals surface area contributed by atoms with Crippen LogP contribution in [0.2, 0.25) is 0 Å². The molecule has 1 amide bonds. The van der Waals surface area contributed by atoms with Crippen molar-refractivity contribution in [2.75, 3.05) is 12.8 Å². The summed E-state index contributed by atoms with van der Waals surface area (Å²) in [7, 11) is 3.65.